The van der Waals surface area contributed by atoms with E-state index in [2.05, 4.69) is 36.5 Å². The van der Waals surface area contributed by atoms with Crippen LogP contribution in [-0.2, 0) is 17.6 Å². The largest absolute Gasteiger partial charge is 0.465 e. The monoisotopic (exact) mass is 290 g/mol. The summed E-state index contributed by atoms with van der Waals surface area (Å²) in [6, 6.07) is 8.04. The van der Waals surface area contributed by atoms with Crippen LogP contribution in [-0.4, -0.2) is 41.1 Å². The van der Waals surface area contributed by atoms with E-state index >= 15 is 0 Å². The van der Waals surface area contributed by atoms with Crippen LogP contribution < -0.4 is 5.32 Å². The molecule has 1 unspecified atom stereocenters. The normalized spacial score (nSPS) is 17.0. The first-order valence-corrected chi connectivity index (χ1v) is 7.47. The fourth-order valence-corrected chi connectivity index (χ4v) is 2.47. The van der Waals surface area contributed by atoms with Crippen LogP contribution in [0.4, 0.5) is 4.79 Å². The fraction of sp³-hybridized carbons (Fsp3) is 0.500. The SMILES string of the molecule is CCc1ccc(CCCCN(C(=O)O)C2CNC2=O)cc1. The molecule has 1 aliphatic heterocycles. The highest BCUT2D eigenvalue weighted by molar-refractivity contribution is 5.90. The number of aryl methyl sites for hydroxylation is 2. The highest BCUT2D eigenvalue weighted by Crippen LogP contribution is 2.12. The molecule has 0 radical (unpaired) electrons. The molecule has 0 bridgehead atoms. The Morgan fingerprint density at radius 3 is 2.43 bits per heavy atom. The summed E-state index contributed by atoms with van der Waals surface area (Å²) < 4.78 is 0. The van der Waals surface area contributed by atoms with Gasteiger partial charge in [-0.15, -0.1) is 0 Å². The molecule has 5 heteroatoms. The van der Waals surface area contributed by atoms with Gasteiger partial charge in [0.25, 0.3) is 0 Å². The van der Waals surface area contributed by atoms with Crippen molar-refractivity contribution >= 4 is 12.0 Å². The number of nitrogens with one attached hydrogen (secondary N) is 1. The standard InChI is InChI=1S/C16H22N2O3/c1-2-12-6-8-13(9-7-12)5-3-4-10-18(16(20)21)14-11-17-15(14)19/h6-9,14H,2-5,10-11H2,1H3,(H,17,19)(H,20,21). The first-order chi connectivity index (χ1) is 10.1. The van der Waals surface area contributed by atoms with Crippen molar-refractivity contribution in [2.24, 2.45) is 0 Å². The number of nitrogens with zero attached hydrogens (tertiary/aromatic N) is 1. The number of carboxylic acid groups (broad SMARTS) is 1. The number of β-lactam (4-membered cyclic amide) rings is 1. The Labute approximate surface area is 125 Å². The van der Waals surface area contributed by atoms with Gasteiger partial charge in [0, 0.05) is 13.1 Å². The molecule has 1 atom stereocenters. The van der Waals surface area contributed by atoms with Gasteiger partial charge < -0.3 is 10.4 Å². The Hall–Kier alpha value is -2.04. The second-order valence-corrected chi connectivity index (χ2v) is 5.36. The maximum absolute atomic E-state index is 11.3. The number of hydrogen-bond acceptors (Lipinski definition) is 2. The molecule has 1 aromatic carbocycles. The molecule has 1 heterocycles. The lowest BCUT2D eigenvalue weighted by Crippen LogP contribution is -2.63. The maximum Gasteiger partial charge on any atom is 0.408 e. The summed E-state index contributed by atoms with van der Waals surface area (Å²) >= 11 is 0. The maximum atomic E-state index is 11.3. The zero-order valence-electron chi connectivity index (χ0n) is 12.3. The van der Waals surface area contributed by atoms with E-state index in [0.717, 1.165) is 25.7 Å². The van der Waals surface area contributed by atoms with E-state index in [-0.39, 0.29) is 5.91 Å². The van der Waals surface area contributed by atoms with E-state index in [1.807, 2.05) is 0 Å². The fourth-order valence-electron chi connectivity index (χ4n) is 2.47. The molecule has 0 spiro atoms. The van der Waals surface area contributed by atoms with Crippen LogP contribution >= 0.6 is 0 Å². The molecule has 0 aromatic heterocycles. The second-order valence-electron chi connectivity index (χ2n) is 5.36. The summed E-state index contributed by atoms with van der Waals surface area (Å²) in [7, 11) is 0. The number of hydrogen-bond donors (Lipinski definition) is 2. The van der Waals surface area contributed by atoms with Gasteiger partial charge in [-0.25, -0.2) is 4.79 Å². The van der Waals surface area contributed by atoms with Gasteiger partial charge in [-0.2, -0.15) is 0 Å². The lowest BCUT2D eigenvalue weighted by molar-refractivity contribution is -0.132. The van der Waals surface area contributed by atoms with Gasteiger partial charge in [0.1, 0.15) is 6.04 Å². The highest BCUT2D eigenvalue weighted by atomic mass is 16.4. The average Bonchev–Trinajstić information content (AvgIpc) is 2.48. The molecular formula is C16H22N2O3. The molecule has 1 saturated heterocycles. The molecule has 114 valence electrons. The van der Waals surface area contributed by atoms with E-state index in [4.69, 9.17) is 5.11 Å². The quantitative estimate of drug-likeness (QED) is 0.596. The molecule has 0 saturated carbocycles. The summed E-state index contributed by atoms with van der Waals surface area (Å²) in [5, 5.41) is 11.7. The number of benzene rings is 1. The molecule has 2 amide bonds. The van der Waals surface area contributed by atoms with Crippen LogP contribution in [0.25, 0.3) is 0 Å². The summed E-state index contributed by atoms with van der Waals surface area (Å²) in [5.74, 6) is -0.187. The lowest BCUT2D eigenvalue weighted by Gasteiger charge is -2.34. The van der Waals surface area contributed by atoms with Crippen LogP contribution in [0.2, 0.25) is 0 Å². The third-order valence-corrected chi connectivity index (χ3v) is 3.94. The van der Waals surface area contributed by atoms with E-state index in [1.165, 1.54) is 16.0 Å². The Balaban J connectivity index is 1.74. The molecule has 5 nitrogen and oxygen atoms in total. The Kier molecular flexibility index (Phi) is 5.20. The number of unbranched alkanes of at least 4 members (excludes halogenated alkanes) is 1. The number of rotatable bonds is 7. The van der Waals surface area contributed by atoms with Gasteiger partial charge in [0.05, 0.1) is 0 Å². The van der Waals surface area contributed by atoms with Crippen molar-refractivity contribution < 1.29 is 14.7 Å². The summed E-state index contributed by atoms with van der Waals surface area (Å²) in [6.07, 6.45) is 2.66. The third-order valence-electron chi connectivity index (χ3n) is 3.94. The lowest BCUT2D eigenvalue weighted by atomic mass is 10.0. The van der Waals surface area contributed by atoms with Gasteiger partial charge in [0.2, 0.25) is 5.91 Å². The third kappa shape index (κ3) is 3.97. The Bertz CT molecular complexity index is 499. The minimum atomic E-state index is -1.01. The predicted molar refractivity (Wildman–Crippen MR) is 80.3 cm³/mol. The Morgan fingerprint density at radius 2 is 1.95 bits per heavy atom. The molecule has 2 N–H and O–H groups in total. The van der Waals surface area contributed by atoms with E-state index in [1.54, 1.807) is 0 Å². The van der Waals surface area contributed by atoms with Gasteiger partial charge in [0.15, 0.2) is 0 Å². The predicted octanol–water partition coefficient (Wildman–Crippen LogP) is 2.05. The molecular weight excluding hydrogens is 268 g/mol. The van der Waals surface area contributed by atoms with E-state index in [0.29, 0.717) is 13.1 Å². The second kappa shape index (κ2) is 7.11. The van der Waals surface area contributed by atoms with Gasteiger partial charge in [-0.3, -0.25) is 9.69 Å². The van der Waals surface area contributed by atoms with Crippen molar-refractivity contribution in [3.05, 3.63) is 35.4 Å². The van der Waals surface area contributed by atoms with Crippen molar-refractivity contribution in [1.29, 1.82) is 0 Å². The van der Waals surface area contributed by atoms with Crippen molar-refractivity contribution in [3.63, 3.8) is 0 Å². The smallest absolute Gasteiger partial charge is 0.408 e. The minimum absolute atomic E-state index is 0.187. The van der Waals surface area contributed by atoms with Gasteiger partial charge >= 0.3 is 6.09 Å². The van der Waals surface area contributed by atoms with Gasteiger partial charge in [-0.1, -0.05) is 31.2 Å². The van der Waals surface area contributed by atoms with Crippen LogP contribution in [0.15, 0.2) is 24.3 Å². The minimum Gasteiger partial charge on any atom is -0.465 e. The highest BCUT2D eigenvalue weighted by Gasteiger charge is 2.35. The molecule has 21 heavy (non-hydrogen) atoms. The summed E-state index contributed by atoms with van der Waals surface area (Å²) in [4.78, 5) is 23.7. The molecule has 1 fully saturated rings. The molecule has 1 aliphatic rings. The van der Waals surface area contributed by atoms with Crippen LogP contribution in [0.3, 0.4) is 0 Å². The summed E-state index contributed by atoms with van der Waals surface area (Å²) in [5.41, 5.74) is 2.60. The first-order valence-electron chi connectivity index (χ1n) is 7.47. The first kappa shape index (κ1) is 15.4. The van der Waals surface area contributed by atoms with Gasteiger partial charge in [-0.05, 0) is 36.8 Å². The topological polar surface area (TPSA) is 69.6 Å². The number of carbonyl (C=O) groups is 2. The van der Waals surface area contributed by atoms with Crippen LogP contribution in [0.1, 0.15) is 30.9 Å². The van der Waals surface area contributed by atoms with E-state index < -0.39 is 12.1 Å². The Morgan fingerprint density at radius 1 is 1.29 bits per heavy atom. The zero-order chi connectivity index (χ0) is 15.2. The van der Waals surface area contributed by atoms with Crippen molar-refractivity contribution in [2.45, 2.75) is 38.6 Å². The van der Waals surface area contributed by atoms with Crippen molar-refractivity contribution in [3.8, 4) is 0 Å². The zero-order valence-corrected chi connectivity index (χ0v) is 12.3. The molecule has 2 rings (SSSR count). The van der Waals surface area contributed by atoms with Crippen LogP contribution in [0, 0.1) is 0 Å². The molecule has 1 aromatic rings. The average molecular weight is 290 g/mol. The van der Waals surface area contributed by atoms with Crippen molar-refractivity contribution in [1.82, 2.24) is 10.2 Å². The molecule has 0 aliphatic carbocycles. The van der Waals surface area contributed by atoms with Crippen molar-refractivity contribution in [2.75, 3.05) is 13.1 Å². The number of amides is 2. The van der Waals surface area contributed by atoms with Crippen LogP contribution in [0.5, 0.6) is 0 Å². The number of carbonyl (C=O) groups excluding carboxylic acids is 1. The van der Waals surface area contributed by atoms with E-state index in [9.17, 15) is 9.59 Å². The summed E-state index contributed by atoms with van der Waals surface area (Å²) in [6.45, 7) is 2.98.